The molecule has 0 bridgehead atoms. The van der Waals surface area contributed by atoms with Crippen LogP contribution >= 0.6 is 0 Å². The van der Waals surface area contributed by atoms with E-state index in [1.54, 1.807) is 12.3 Å². The molecule has 1 N–H and O–H groups in total. The average molecular weight is 299 g/mol. The Kier molecular flexibility index (Phi) is 4.13. The summed E-state index contributed by atoms with van der Waals surface area (Å²) >= 11 is 0. The zero-order valence-corrected chi connectivity index (χ0v) is 12.1. The van der Waals surface area contributed by atoms with E-state index in [0.29, 0.717) is 6.54 Å². The van der Waals surface area contributed by atoms with Crippen LogP contribution in [0.3, 0.4) is 0 Å². The third kappa shape index (κ3) is 3.13. The van der Waals surface area contributed by atoms with E-state index >= 15 is 0 Å². The van der Waals surface area contributed by atoms with E-state index in [-0.39, 0.29) is 11.5 Å². The number of hydrogen-bond donors (Lipinski definition) is 1. The fourth-order valence-corrected chi connectivity index (χ4v) is 2.52. The maximum Gasteiger partial charge on any atom is 0.311 e. The lowest BCUT2D eigenvalue weighted by Crippen LogP contribution is -2.18. The van der Waals surface area contributed by atoms with Gasteiger partial charge in [0.25, 0.3) is 0 Å². The van der Waals surface area contributed by atoms with E-state index in [1.165, 1.54) is 25.1 Å². The van der Waals surface area contributed by atoms with Crippen molar-refractivity contribution >= 4 is 17.3 Å². The van der Waals surface area contributed by atoms with Crippen LogP contribution in [-0.4, -0.2) is 28.0 Å². The highest BCUT2D eigenvalue weighted by Crippen LogP contribution is 2.21. The molecule has 7 nitrogen and oxygen atoms in total. The van der Waals surface area contributed by atoms with Gasteiger partial charge in [0.05, 0.1) is 4.92 Å². The predicted octanol–water partition coefficient (Wildman–Crippen LogP) is 2.60. The average Bonchev–Trinajstić information content (AvgIpc) is 3.08. The number of rotatable bonds is 5. The molecule has 0 saturated carbocycles. The maximum absolute atomic E-state index is 10.9. The summed E-state index contributed by atoms with van der Waals surface area (Å²) in [6, 6.07) is 6.97. The Hall–Kier alpha value is -2.70. The highest BCUT2D eigenvalue weighted by atomic mass is 16.6. The van der Waals surface area contributed by atoms with Crippen LogP contribution in [0.2, 0.25) is 0 Å². The van der Waals surface area contributed by atoms with Gasteiger partial charge >= 0.3 is 5.69 Å². The number of anilines is 2. The molecular formula is C15H17N5O2. The molecule has 0 unspecified atom stereocenters. The van der Waals surface area contributed by atoms with Crippen LogP contribution in [-0.2, 0) is 6.54 Å². The highest BCUT2D eigenvalue weighted by molar-refractivity contribution is 5.55. The number of hydrogen-bond acceptors (Lipinski definition) is 6. The van der Waals surface area contributed by atoms with Crippen molar-refractivity contribution in [3.63, 3.8) is 0 Å². The second-order valence-electron chi connectivity index (χ2n) is 5.20. The highest BCUT2D eigenvalue weighted by Gasteiger charge is 2.15. The summed E-state index contributed by atoms with van der Waals surface area (Å²) in [7, 11) is 0. The Labute approximate surface area is 128 Å². The fraction of sp³-hybridized carbons (Fsp3) is 0.333. The van der Waals surface area contributed by atoms with Crippen LogP contribution in [0.15, 0.2) is 36.7 Å². The van der Waals surface area contributed by atoms with E-state index < -0.39 is 4.92 Å². The molecule has 1 aliphatic heterocycles. The van der Waals surface area contributed by atoms with E-state index in [4.69, 9.17) is 0 Å². The largest absolute Gasteiger partial charge is 0.360 e. The van der Waals surface area contributed by atoms with Crippen molar-refractivity contribution in [1.29, 1.82) is 0 Å². The molecule has 0 aliphatic carbocycles. The van der Waals surface area contributed by atoms with Crippen molar-refractivity contribution < 1.29 is 4.92 Å². The lowest BCUT2D eigenvalue weighted by Gasteiger charge is -2.16. The topological polar surface area (TPSA) is 84.2 Å². The van der Waals surface area contributed by atoms with Gasteiger partial charge in [-0.25, -0.2) is 9.97 Å². The van der Waals surface area contributed by atoms with Crippen LogP contribution in [0.5, 0.6) is 0 Å². The van der Waals surface area contributed by atoms with Gasteiger partial charge in [-0.15, -0.1) is 0 Å². The molecule has 2 aromatic rings. The first-order valence-corrected chi connectivity index (χ1v) is 7.27. The number of nitrogens with one attached hydrogen (secondary N) is 1. The van der Waals surface area contributed by atoms with Gasteiger partial charge < -0.3 is 10.2 Å². The van der Waals surface area contributed by atoms with Gasteiger partial charge in [-0.05, 0) is 30.5 Å². The molecule has 7 heteroatoms. The van der Waals surface area contributed by atoms with Crippen molar-refractivity contribution in [2.24, 2.45) is 0 Å². The molecule has 2 aromatic heterocycles. The van der Waals surface area contributed by atoms with Gasteiger partial charge in [0.15, 0.2) is 0 Å². The molecule has 22 heavy (non-hydrogen) atoms. The summed E-state index contributed by atoms with van der Waals surface area (Å²) in [6.07, 6.45) is 5.77. The predicted molar refractivity (Wildman–Crippen MR) is 83.9 cm³/mol. The van der Waals surface area contributed by atoms with E-state index in [2.05, 4.69) is 20.2 Å². The third-order valence-electron chi connectivity index (χ3n) is 3.68. The monoisotopic (exact) mass is 299 g/mol. The summed E-state index contributed by atoms with van der Waals surface area (Å²) in [5.41, 5.74) is 0.937. The second kappa shape index (κ2) is 6.38. The Morgan fingerprint density at radius 3 is 2.73 bits per heavy atom. The minimum atomic E-state index is -0.440. The number of nitrogens with zero attached hydrogens (tertiary/aromatic N) is 4. The molecule has 3 heterocycles. The Bertz CT molecular complexity index is 653. The maximum atomic E-state index is 10.9. The van der Waals surface area contributed by atoms with Gasteiger partial charge in [0.1, 0.15) is 5.82 Å². The standard InChI is InChI=1S/C15H17N5O2/c21-20(22)13-4-3-7-16-15(13)18-11-12-5-6-14(17-10-12)19-8-1-2-9-19/h3-7,10H,1-2,8-9,11H2,(H,16,18). The second-order valence-corrected chi connectivity index (χ2v) is 5.20. The van der Waals surface area contributed by atoms with Crippen LogP contribution in [0, 0.1) is 10.1 Å². The number of pyridine rings is 2. The smallest absolute Gasteiger partial charge is 0.311 e. The van der Waals surface area contributed by atoms with Crippen molar-refractivity contribution in [3.8, 4) is 0 Å². The lowest BCUT2D eigenvalue weighted by molar-refractivity contribution is -0.384. The summed E-state index contributed by atoms with van der Waals surface area (Å²) in [5.74, 6) is 1.26. The number of aromatic nitrogens is 2. The molecule has 0 aromatic carbocycles. The molecule has 1 fully saturated rings. The van der Waals surface area contributed by atoms with Crippen LogP contribution in [0.4, 0.5) is 17.3 Å². The molecular weight excluding hydrogens is 282 g/mol. The van der Waals surface area contributed by atoms with Gasteiger partial charge in [0, 0.05) is 38.1 Å². The van der Waals surface area contributed by atoms with Gasteiger partial charge in [-0.1, -0.05) is 6.07 Å². The van der Waals surface area contributed by atoms with Crippen LogP contribution in [0.1, 0.15) is 18.4 Å². The Morgan fingerprint density at radius 2 is 2.05 bits per heavy atom. The summed E-state index contributed by atoms with van der Waals surface area (Å²) in [5, 5.41) is 13.9. The SMILES string of the molecule is O=[N+]([O-])c1cccnc1NCc1ccc(N2CCCC2)nc1. The zero-order chi connectivity index (χ0) is 15.4. The first kappa shape index (κ1) is 14.2. The third-order valence-corrected chi connectivity index (χ3v) is 3.68. The minimum Gasteiger partial charge on any atom is -0.360 e. The fourth-order valence-electron chi connectivity index (χ4n) is 2.52. The summed E-state index contributed by atoms with van der Waals surface area (Å²) < 4.78 is 0. The molecule has 114 valence electrons. The summed E-state index contributed by atoms with van der Waals surface area (Å²) in [4.78, 5) is 21.2. The molecule has 0 atom stereocenters. The van der Waals surface area contributed by atoms with Crippen molar-refractivity contribution in [2.75, 3.05) is 23.3 Å². The summed E-state index contributed by atoms with van der Waals surface area (Å²) in [6.45, 7) is 2.57. The molecule has 1 aliphatic rings. The Balaban J connectivity index is 1.65. The molecule has 1 saturated heterocycles. The first-order chi connectivity index (χ1) is 10.7. The van der Waals surface area contributed by atoms with Crippen LogP contribution < -0.4 is 10.2 Å². The molecule has 0 radical (unpaired) electrons. The van der Waals surface area contributed by atoms with Crippen molar-refractivity contribution in [2.45, 2.75) is 19.4 Å². The zero-order valence-electron chi connectivity index (χ0n) is 12.1. The van der Waals surface area contributed by atoms with Gasteiger partial charge in [-0.2, -0.15) is 0 Å². The molecule has 3 rings (SSSR count). The first-order valence-electron chi connectivity index (χ1n) is 7.27. The van der Waals surface area contributed by atoms with Crippen LogP contribution in [0.25, 0.3) is 0 Å². The molecule has 0 spiro atoms. The van der Waals surface area contributed by atoms with Crippen molar-refractivity contribution in [1.82, 2.24) is 9.97 Å². The quantitative estimate of drug-likeness (QED) is 0.675. The normalized spacial score (nSPS) is 14.1. The molecule has 0 amide bonds. The van der Waals surface area contributed by atoms with E-state index in [0.717, 1.165) is 24.5 Å². The number of nitro groups is 1. The van der Waals surface area contributed by atoms with Gasteiger partial charge in [-0.3, -0.25) is 10.1 Å². The minimum absolute atomic E-state index is 0.0239. The lowest BCUT2D eigenvalue weighted by atomic mass is 10.2. The van der Waals surface area contributed by atoms with E-state index in [9.17, 15) is 10.1 Å². The van der Waals surface area contributed by atoms with Gasteiger partial charge in [0.2, 0.25) is 5.82 Å². The van der Waals surface area contributed by atoms with Crippen molar-refractivity contribution in [3.05, 3.63) is 52.3 Å². The van der Waals surface area contributed by atoms with E-state index in [1.807, 2.05) is 12.1 Å². The Morgan fingerprint density at radius 1 is 1.23 bits per heavy atom.